The van der Waals surface area contributed by atoms with Gasteiger partial charge < -0.3 is 15.5 Å². The molecule has 2 saturated heterocycles. The number of nitrogens with zero attached hydrogens (tertiary/aromatic N) is 1. The van der Waals surface area contributed by atoms with Crippen molar-refractivity contribution in [3.05, 3.63) is 0 Å². The van der Waals surface area contributed by atoms with E-state index in [-0.39, 0.29) is 6.03 Å². The Hall–Kier alpha value is -0.770. The standard InChI is InChI=1S/C11H21N3O/c15-11(14-7-2-1-3-8-14)13-10-5-4-6-12-9-10/h10,12H,1-9H2,(H,13,15)/t10-/m1/s1. The van der Waals surface area contributed by atoms with E-state index in [1.807, 2.05) is 4.90 Å². The summed E-state index contributed by atoms with van der Waals surface area (Å²) in [6.45, 7) is 3.90. The number of piperidine rings is 2. The number of amides is 2. The largest absolute Gasteiger partial charge is 0.334 e. The summed E-state index contributed by atoms with van der Waals surface area (Å²) in [5.74, 6) is 0. The first-order valence-corrected chi connectivity index (χ1v) is 6.12. The molecular weight excluding hydrogens is 190 g/mol. The van der Waals surface area contributed by atoms with Crippen molar-refractivity contribution in [2.75, 3.05) is 26.2 Å². The summed E-state index contributed by atoms with van der Waals surface area (Å²) in [5.41, 5.74) is 0. The highest BCUT2D eigenvalue weighted by Gasteiger charge is 2.20. The van der Waals surface area contributed by atoms with E-state index in [1.165, 1.54) is 12.8 Å². The van der Waals surface area contributed by atoms with Gasteiger partial charge in [0.15, 0.2) is 0 Å². The van der Waals surface area contributed by atoms with Gasteiger partial charge in [-0.3, -0.25) is 0 Å². The Labute approximate surface area is 91.4 Å². The average molecular weight is 211 g/mol. The quantitative estimate of drug-likeness (QED) is 0.678. The van der Waals surface area contributed by atoms with Crippen molar-refractivity contribution in [1.82, 2.24) is 15.5 Å². The number of carbonyl (C=O) groups is 1. The molecule has 0 aromatic carbocycles. The van der Waals surface area contributed by atoms with Crippen LogP contribution in [0.15, 0.2) is 0 Å². The minimum Gasteiger partial charge on any atom is -0.334 e. The zero-order valence-electron chi connectivity index (χ0n) is 9.30. The topological polar surface area (TPSA) is 44.4 Å². The van der Waals surface area contributed by atoms with Crippen molar-refractivity contribution >= 4 is 6.03 Å². The van der Waals surface area contributed by atoms with Crippen LogP contribution in [0.2, 0.25) is 0 Å². The van der Waals surface area contributed by atoms with E-state index >= 15 is 0 Å². The van der Waals surface area contributed by atoms with Gasteiger partial charge in [-0.2, -0.15) is 0 Å². The number of hydrogen-bond donors (Lipinski definition) is 2. The van der Waals surface area contributed by atoms with Gasteiger partial charge in [-0.05, 0) is 38.6 Å². The van der Waals surface area contributed by atoms with Crippen molar-refractivity contribution in [1.29, 1.82) is 0 Å². The van der Waals surface area contributed by atoms with E-state index in [1.54, 1.807) is 0 Å². The van der Waals surface area contributed by atoms with Crippen LogP contribution in [0.25, 0.3) is 0 Å². The van der Waals surface area contributed by atoms with Gasteiger partial charge in [0, 0.05) is 25.7 Å². The number of likely N-dealkylation sites (tertiary alicyclic amines) is 1. The number of hydrogen-bond acceptors (Lipinski definition) is 2. The van der Waals surface area contributed by atoms with Crippen LogP contribution in [0.1, 0.15) is 32.1 Å². The smallest absolute Gasteiger partial charge is 0.317 e. The molecule has 2 amide bonds. The molecule has 0 bridgehead atoms. The maximum Gasteiger partial charge on any atom is 0.317 e. The van der Waals surface area contributed by atoms with Crippen LogP contribution >= 0.6 is 0 Å². The van der Waals surface area contributed by atoms with E-state index in [9.17, 15) is 4.79 Å². The Morgan fingerprint density at radius 1 is 1.20 bits per heavy atom. The van der Waals surface area contributed by atoms with Gasteiger partial charge in [0.1, 0.15) is 0 Å². The summed E-state index contributed by atoms with van der Waals surface area (Å²) in [4.78, 5) is 13.8. The van der Waals surface area contributed by atoms with E-state index in [4.69, 9.17) is 0 Å². The second-order valence-corrected chi connectivity index (χ2v) is 4.54. The maximum atomic E-state index is 11.9. The summed E-state index contributed by atoms with van der Waals surface area (Å²) < 4.78 is 0. The molecule has 0 aromatic rings. The number of carbonyl (C=O) groups excluding carboxylic acids is 1. The zero-order chi connectivity index (χ0) is 10.5. The first-order chi connectivity index (χ1) is 7.36. The molecule has 2 heterocycles. The van der Waals surface area contributed by atoms with Gasteiger partial charge in [-0.1, -0.05) is 0 Å². The summed E-state index contributed by atoms with van der Waals surface area (Å²) in [7, 11) is 0. The summed E-state index contributed by atoms with van der Waals surface area (Å²) >= 11 is 0. The predicted molar refractivity (Wildman–Crippen MR) is 59.8 cm³/mol. The molecule has 15 heavy (non-hydrogen) atoms. The molecule has 0 aliphatic carbocycles. The maximum absolute atomic E-state index is 11.9. The van der Waals surface area contributed by atoms with E-state index in [0.29, 0.717) is 6.04 Å². The fourth-order valence-electron chi connectivity index (χ4n) is 2.34. The molecule has 1 atom stereocenters. The van der Waals surface area contributed by atoms with Crippen LogP contribution in [0, 0.1) is 0 Å². The van der Waals surface area contributed by atoms with Gasteiger partial charge in [-0.25, -0.2) is 4.79 Å². The second-order valence-electron chi connectivity index (χ2n) is 4.54. The van der Waals surface area contributed by atoms with Crippen LogP contribution < -0.4 is 10.6 Å². The third kappa shape index (κ3) is 3.09. The lowest BCUT2D eigenvalue weighted by Gasteiger charge is -2.30. The Kier molecular flexibility index (Phi) is 3.83. The van der Waals surface area contributed by atoms with Gasteiger partial charge in [0.25, 0.3) is 0 Å². The first-order valence-electron chi connectivity index (χ1n) is 6.12. The van der Waals surface area contributed by atoms with Gasteiger partial charge in [0.2, 0.25) is 0 Å². The van der Waals surface area contributed by atoms with Crippen LogP contribution in [0.4, 0.5) is 4.79 Å². The highest BCUT2D eigenvalue weighted by molar-refractivity contribution is 5.74. The second kappa shape index (κ2) is 5.35. The molecule has 2 rings (SSSR count). The fraction of sp³-hybridized carbons (Fsp3) is 0.909. The molecule has 2 aliphatic heterocycles. The number of rotatable bonds is 1. The van der Waals surface area contributed by atoms with Gasteiger partial charge in [-0.15, -0.1) is 0 Å². The monoisotopic (exact) mass is 211 g/mol. The minimum atomic E-state index is 0.142. The molecule has 0 spiro atoms. The van der Waals surface area contributed by atoms with Crippen molar-refractivity contribution < 1.29 is 4.79 Å². The lowest BCUT2D eigenvalue weighted by molar-refractivity contribution is 0.180. The Balaban J connectivity index is 1.74. The summed E-state index contributed by atoms with van der Waals surface area (Å²) in [6.07, 6.45) is 5.89. The van der Waals surface area contributed by atoms with Crippen LogP contribution in [0.5, 0.6) is 0 Å². The van der Waals surface area contributed by atoms with Crippen molar-refractivity contribution in [3.63, 3.8) is 0 Å². The molecule has 0 aromatic heterocycles. The van der Waals surface area contributed by atoms with Crippen molar-refractivity contribution in [2.45, 2.75) is 38.1 Å². The van der Waals surface area contributed by atoms with Gasteiger partial charge >= 0.3 is 6.03 Å². The molecule has 4 heteroatoms. The first kappa shape index (κ1) is 10.7. The molecule has 0 unspecified atom stereocenters. The van der Waals surface area contributed by atoms with Crippen molar-refractivity contribution in [3.8, 4) is 0 Å². The third-order valence-corrected chi connectivity index (χ3v) is 3.27. The molecule has 2 N–H and O–H groups in total. The van der Waals surface area contributed by atoms with Crippen LogP contribution in [0.3, 0.4) is 0 Å². The summed E-state index contributed by atoms with van der Waals surface area (Å²) in [5, 5.41) is 6.42. The predicted octanol–water partition coefficient (Wildman–Crippen LogP) is 0.934. The van der Waals surface area contributed by atoms with E-state index < -0.39 is 0 Å². The SMILES string of the molecule is O=C(N[C@@H]1CCCNC1)N1CCCCC1. The normalized spacial score (nSPS) is 27.5. The Morgan fingerprint density at radius 2 is 2.00 bits per heavy atom. The molecule has 0 radical (unpaired) electrons. The van der Waals surface area contributed by atoms with E-state index in [2.05, 4.69) is 10.6 Å². The highest BCUT2D eigenvalue weighted by Crippen LogP contribution is 2.09. The molecule has 2 aliphatic rings. The molecular formula is C11H21N3O. The lowest BCUT2D eigenvalue weighted by atomic mass is 10.1. The van der Waals surface area contributed by atoms with Crippen LogP contribution in [-0.4, -0.2) is 43.2 Å². The Bertz CT molecular complexity index is 208. The van der Waals surface area contributed by atoms with E-state index in [0.717, 1.165) is 45.4 Å². The van der Waals surface area contributed by atoms with Gasteiger partial charge in [0.05, 0.1) is 0 Å². The highest BCUT2D eigenvalue weighted by atomic mass is 16.2. The van der Waals surface area contributed by atoms with Crippen LogP contribution in [-0.2, 0) is 0 Å². The molecule has 0 saturated carbocycles. The lowest BCUT2D eigenvalue weighted by Crippen LogP contribution is -2.51. The minimum absolute atomic E-state index is 0.142. The summed E-state index contributed by atoms with van der Waals surface area (Å²) in [6, 6.07) is 0.483. The fourth-order valence-corrected chi connectivity index (χ4v) is 2.34. The average Bonchev–Trinajstić information content (AvgIpc) is 2.31. The molecule has 2 fully saturated rings. The number of nitrogens with one attached hydrogen (secondary N) is 2. The Morgan fingerprint density at radius 3 is 2.67 bits per heavy atom. The third-order valence-electron chi connectivity index (χ3n) is 3.27. The molecule has 4 nitrogen and oxygen atoms in total. The zero-order valence-corrected chi connectivity index (χ0v) is 9.30. The number of urea groups is 1. The molecule has 86 valence electrons. The van der Waals surface area contributed by atoms with Crippen molar-refractivity contribution in [2.24, 2.45) is 0 Å².